The van der Waals surface area contributed by atoms with Gasteiger partial charge in [-0.1, -0.05) is 30.3 Å². The molecule has 3 amide bonds. The molecule has 9 nitrogen and oxygen atoms in total. The molecule has 230 valence electrons. The van der Waals surface area contributed by atoms with Gasteiger partial charge in [-0.2, -0.15) is 0 Å². The van der Waals surface area contributed by atoms with Crippen LogP contribution in [0.15, 0.2) is 30.3 Å². The van der Waals surface area contributed by atoms with Gasteiger partial charge in [0.15, 0.2) is 0 Å². The van der Waals surface area contributed by atoms with Gasteiger partial charge < -0.3 is 29.5 Å². The maximum atomic E-state index is 14.4. The lowest BCUT2D eigenvalue weighted by Crippen LogP contribution is -2.59. The summed E-state index contributed by atoms with van der Waals surface area (Å²) in [5, 5.41) is 2.89. The Kier molecular flexibility index (Phi) is 8.02. The fourth-order valence-corrected chi connectivity index (χ4v) is 7.79. The fraction of sp³-hybridized carbons (Fsp3) is 0.727. The molecule has 6 rings (SSSR count). The molecule has 42 heavy (non-hydrogen) atoms. The van der Waals surface area contributed by atoms with Crippen molar-refractivity contribution in [1.29, 1.82) is 0 Å². The van der Waals surface area contributed by atoms with Crippen molar-refractivity contribution >= 4 is 17.9 Å². The maximum absolute atomic E-state index is 14.4. The Morgan fingerprint density at radius 2 is 1.83 bits per heavy atom. The van der Waals surface area contributed by atoms with Crippen molar-refractivity contribution in [3.8, 4) is 0 Å². The number of carbonyl (C=O) groups excluding carboxylic acids is 3. The summed E-state index contributed by atoms with van der Waals surface area (Å²) >= 11 is 0. The summed E-state index contributed by atoms with van der Waals surface area (Å²) in [6, 6.07) is 9.49. The Hall–Kier alpha value is -2.65. The van der Waals surface area contributed by atoms with Gasteiger partial charge in [-0.05, 0) is 91.2 Å². The summed E-state index contributed by atoms with van der Waals surface area (Å²) in [6.45, 7) is 7.84. The molecule has 1 aromatic rings. The molecule has 1 aliphatic carbocycles. The molecular weight excluding hydrogens is 532 g/mol. The van der Waals surface area contributed by atoms with E-state index >= 15 is 0 Å². The smallest absolute Gasteiger partial charge is 0.408 e. The Balaban J connectivity index is 1.23. The van der Waals surface area contributed by atoms with Crippen LogP contribution in [0, 0.1) is 0 Å². The van der Waals surface area contributed by atoms with Gasteiger partial charge in [-0.15, -0.1) is 0 Å². The summed E-state index contributed by atoms with van der Waals surface area (Å²) in [5.74, 6) is 0.270. The number of hydrogen-bond acceptors (Lipinski definition) is 6. The zero-order valence-electron chi connectivity index (χ0n) is 25.7. The third-order valence-corrected chi connectivity index (χ3v) is 10.2. The minimum absolute atomic E-state index is 0.0351. The van der Waals surface area contributed by atoms with E-state index in [0.29, 0.717) is 25.3 Å². The topological polar surface area (TPSA) is 91.4 Å². The molecule has 0 bridgehead atoms. The van der Waals surface area contributed by atoms with Crippen LogP contribution < -0.4 is 5.32 Å². The van der Waals surface area contributed by atoms with Crippen LogP contribution in [0.3, 0.4) is 0 Å². The Labute approximate surface area is 250 Å². The third kappa shape index (κ3) is 6.05. The molecule has 0 unspecified atom stereocenters. The van der Waals surface area contributed by atoms with E-state index in [1.54, 1.807) is 0 Å². The van der Waals surface area contributed by atoms with Gasteiger partial charge in [0, 0.05) is 43.2 Å². The normalized spacial score (nSPS) is 32.3. The molecule has 5 aliphatic rings. The number of amides is 3. The first-order chi connectivity index (χ1) is 20.0. The molecule has 1 N–H and O–H groups in total. The van der Waals surface area contributed by atoms with E-state index in [9.17, 15) is 14.4 Å². The van der Waals surface area contributed by atoms with Crippen LogP contribution in [-0.4, -0.2) is 101 Å². The number of alkyl carbamates (subject to hydrolysis) is 1. The lowest BCUT2D eigenvalue weighted by Gasteiger charge is -2.42. The molecule has 6 atom stereocenters. The first kappa shape index (κ1) is 29.4. The number of hydrogen-bond donors (Lipinski definition) is 1. The van der Waals surface area contributed by atoms with Crippen LogP contribution in [0.4, 0.5) is 4.79 Å². The van der Waals surface area contributed by atoms with Crippen molar-refractivity contribution in [2.75, 3.05) is 26.7 Å². The van der Waals surface area contributed by atoms with E-state index < -0.39 is 23.8 Å². The standard InChI is InChI=1S/C33H48N4O5/c1-32(2,3)42-31(40)34-27-12-10-24(35(4)21-26-14-17-41-26)18-25-11-13-28(37(25)29(27)38)30(39)36-20-23(19-33(36)15-16-33)22-8-6-5-7-9-22/h5-9,23-28H,10-21H2,1-4H3,(H,34,40)/t23-,24+,25-,26-,27+,28+/m1/s1. The third-order valence-electron chi connectivity index (χ3n) is 10.2. The number of fused-ring (bicyclic) bond motifs is 1. The number of likely N-dealkylation sites (N-methyl/N-ethyl adjacent to an activating group) is 1. The molecule has 4 heterocycles. The first-order valence-electron chi connectivity index (χ1n) is 16.0. The van der Waals surface area contributed by atoms with Crippen LogP contribution >= 0.6 is 0 Å². The van der Waals surface area contributed by atoms with Gasteiger partial charge in [0.1, 0.15) is 17.7 Å². The predicted octanol–water partition coefficient (Wildman–Crippen LogP) is 4.06. The highest BCUT2D eigenvalue weighted by molar-refractivity contribution is 5.93. The number of ether oxygens (including phenoxy) is 2. The van der Waals surface area contributed by atoms with Gasteiger partial charge in [0.05, 0.1) is 6.10 Å². The van der Waals surface area contributed by atoms with Crippen molar-refractivity contribution in [3.63, 3.8) is 0 Å². The van der Waals surface area contributed by atoms with Gasteiger partial charge in [0.25, 0.3) is 0 Å². The minimum Gasteiger partial charge on any atom is -0.444 e. The van der Waals surface area contributed by atoms with Crippen LogP contribution in [-0.2, 0) is 19.1 Å². The zero-order valence-corrected chi connectivity index (χ0v) is 25.7. The Morgan fingerprint density at radius 3 is 2.48 bits per heavy atom. The SMILES string of the molecule is CN(C[C@H]1CCO1)[C@H]1CC[C@H](NC(=O)OC(C)(C)C)C(=O)N2[C@H](CC[C@H]2C(=O)N2C[C@H](c3ccccc3)CC23CC3)C1. The lowest BCUT2D eigenvalue weighted by molar-refractivity contribution is -0.148. The van der Waals surface area contributed by atoms with Gasteiger partial charge >= 0.3 is 6.09 Å². The number of nitrogens with zero attached hydrogens (tertiary/aromatic N) is 3. The van der Waals surface area contributed by atoms with E-state index in [-0.39, 0.29) is 35.5 Å². The van der Waals surface area contributed by atoms with Crippen molar-refractivity contribution in [2.24, 2.45) is 0 Å². The van der Waals surface area contributed by atoms with E-state index in [2.05, 4.69) is 46.4 Å². The van der Waals surface area contributed by atoms with Gasteiger partial charge in [-0.3, -0.25) is 9.59 Å². The molecule has 1 aromatic carbocycles. The number of benzene rings is 1. The highest BCUT2D eigenvalue weighted by Gasteiger charge is 2.58. The summed E-state index contributed by atoms with van der Waals surface area (Å²) in [5.41, 5.74) is 0.549. The first-order valence-corrected chi connectivity index (χ1v) is 16.0. The summed E-state index contributed by atoms with van der Waals surface area (Å²) in [4.78, 5) is 47.8. The highest BCUT2D eigenvalue weighted by atomic mass is 16.6. The summed E-state index contributed by atoms with van der Waals surface area (Å²) < 4.78 is 11.3. The zero-order chi connectivity index (χ0) is 29.6. The Bertz CT molecular complexity index is 1160. The molecule has 0 aromatic heterocycles. The average molecular weight is 581 g/mol. The van der Waals surface area contributed by atoms with E-state index in [1.807, 2.05) is 31.7 Å². The summed E-state index contributed by atoms with van der Waals surface area (Å²) in [7, 11) is 2.14. The Morgan fingerprint density at radius 1 is 1.10 bits per heavy atom. The second-order valence-corrected chi connectivity index (χ2v) is 14.4. The predicted molar refractivity (Wildman–Crippen MR) is 159 cm³/mol. The molecule has 4 saturated heterocycles. The second kappa shape index (κ2) is 11.5. The maximum Gasteiger partial charge on any atom is 0.408 e. The molecule has 1 saturated carbocycles. The van der Waals surface area contributed by atoms with Crippen LogP contribution in [0.2, 0.25) is 0 Å². The molecular formula is C33H48N4O5. The molecule has 5 fully saturated rings. The number of nitrogens with one attached hydrogen (secondary N) is 1. The van der Waals surface area contributed by atoms with Gasteiger partial charge in [-0.25, -0.2) is 4.79 Å². The fourth-order valence-electron chi connectivity index (χ4n) is 7.79. The molecule has 1 spiro atoms. The van der Waals surface area contributed by atoms with Crippen LogP contribution in [0.25, 0.3) is 0 Å². The van der Waals surface area contributed by atoms with Crippen molar-refractivity contribution in [3.05, 3.63) is 35.9 Å². The average Bonchev–Trinajstić information content (AvgIpc) is 3.40. The monoisotopic (exact) mass is 580 g/mol. The minimum atomic E-state index is -0.725. The largest absolute Gasteiger partial charge is 0.444 e. The summed E-state index contributed by atoms with van der Waals surface area (Å²) in [6.07, 6.45) is 7.39. The number of rotatable bonds is 6. The van der Waals surface area contributed by atoms with Gasteiger partial charge in [0.2, 0.25) is 11.8 Å². The van der Waals surface area contributed by atoms with Crippen molar-refractivity contribution in [2.45, 2.75) is 126 Å². The van der Waals surface area contributed by atoms with E-state index in [4.69, 9.17) is 9.47 Å². The number of carbonyl (C=O) groups is 3. The molecule has 0 radical (unpaired) electrons. The van der Waals surface area contributed by atoms with Crippen LogP contribution in [0.5, 0.6) is 0 Å². The van der Waals surface area contributed by atoms with Crippen molar-refractivity contribution < 1.29 is 23.9 Å². The number of likely N-dealkylation sites (tertiary alicyclic amines) is 1. The quantitative estimate of drug-likeness (QED) is 0.546. The lowest BCUT2D eigenvalue weighted by atomic mass is 9.93. The molecule has 9 heteroatoms. The van der Waals surface area contributed by atoms with Crippen LogP contribution in [0.1, 0.15) is 90.0 Å². The van der Waals surface area contributed by atoms with Crippen molar-refractivity contribution in [1.82, 2.24) is 20.0 Å². The molecule has 4 aliphatic heterocycles. The van der Waals surface area contributed by atoms with E-state index in [0.717, 1.165) is 58.1 Å². The second-order valence-electron chi connectivity index (χ2n) is 14.4. The van der Waals surface area contributed by atoms with E-state index in [1.165, 1.54) is 5.56 Å². The highest BCUT2D eigenvalue weighted by Crippen LogP contribution is 2.54.